The second kappa shape index (κ2) is 9.22. The number of nitrogens with one attached hydrogen (secondary N) is 1. The standard InChI is InChI=1S/C21H21NO3.ClH/c1-24-19-7-3-15(4-8-19)11-17-13-22-14-18(21(17)23)12-16-5-9-20(25-2)10-6-16;/h3-12,22H,13-14H2,1-2H3;1H/b17-11-,18-12+;. The van der Waals surface area contributed by atoms with E-state index in [4.69, 9.17) is 9.47 Å². The van der Waals surface area contributed by atoms with E-state index in [2.05, 4.69) is 5.32 Å². The quantitative estimate of drug-likeness (QED) is 0.831. The minimum atomic E-state index is 0. The lowest BCUT2D eigenvalue weighted by Crippen LogP contribution is -2.32. The third kappa shape index (κ3) is 4.75. The lowest BCUT2D eigenvalue weighted by Gasteiger charge is -2.18. The molecule has 3 rings (SSSR count). The number of hydrogen-bond donors (Lipinski definition) is 1. The minimum Gasteiger partial charge on any atom is -0.497 e. The molecule has 0 aromatic heterocycles. The number of ketones is 1. The third-order valence-electron chi connectivity index (χ3n) is 4.13. The van der Waals surface area contributed by atoms with E-state index in [9.17, 15) is 4.79 Å². The summed E-state index contributed by atoms with van der Waals surface area (Å²) >= 11 is 0. The molecule has 0 bridgehead atoms. The number of rotatable bonds is 4. The second-order valence-corrected chi connectivity index (χ2v) is 5.82. The van der Waals surface area contributed by atoms with E-state index in [-0.39, 0.29) is 18.2 Å². The van der Waals surface area contributed by atoms with Crippen LogP contribution in [-0.4, -0.2) is 33.1 Å². The van der Waals surface area contributed by atoms with Gasteiger partial charge in [-0.15, -0.1) is 12.4 Å². The van der Waals surface area contributed by atoms with Gasteiger partial charge < -0.3 is 14.8 Å². The van der Waals surface area contributed by atoms with Crippen molar-refractivity contribution in [2.24, 2.45) is 0 Å². The van der Waals surface area contributed by atoms with Gasteiger partial charge in [0.05, 0.1) is 14.2 Å². The predicted molar refractivity (Wildman–Crippen MR) is 107 cm³/mol. The van der Waals surface area contributed by atoms with Crippen molar-refractivity contribution in [1.29, 1.82) is 0 Å². The Morgan fingerprint density at radius 3 is 1.50 bits per heavy atom. The van der Waals surface area contributed by atoms with Crippen LogP contribution in [0.3, 0.4) is 0 Å². The highest BCUT2D eigenvalue weighted by Crippen LogP contribution is 2.20. The molecular weight excluding hydrogens is 350 g/mol. The average molecular weight is 372 g/mol. The molecule has 0 amide bonds. The molecule has 1 N–H and O–H groups in total. The van der Waals surface area contributed by atoms with Gasteiger partial charge in [-0.2, -0.15) is 0 Å². The number of Topliss-reactive ketones (excluding diaryl/α,β-unsaturated/α-hetero) is 1. The van der Waals surface area contributed by atoms with Gasteiger partial charge in [-0.05, 0) is 47.5 Å². The average Bonchev–Trinajstić information content (AvgIpc) is 2.66. The number of carbonyl (C=O) groups excluding carboxylic acids is 1. The van der Waals surface area contributed by atoms with Gasteiger partial charge in [0.25, 0.3) is 0 Å². The molecule has 4 nitrogen and oxygen atoms in total. The molecule has 136 valence electrons. The van der Waals surface area contributed by atoms with Crippen LogP contribution in [-0.2, 0) is 4.79 Å². The molecule has 1 aliphatic rings. The molecule has 1 fully saturated rings. The van der Waals surface area contributed by atoms with Crippen LogP contribution in [0.15, 0.2) is 59.7 Å². The number of piperidine rings is 1. The molecule has 0 radical (unpaired) electrons. The van der Waals surface area contributed by atoms with E-state index in [1.54, 1.807) is 14.2 Å². The molecule has 5 heteroatoms. The number of halogens is 1. The van der Waals surface area contributed by atoms with Crippen molar-refractivity contribution in [2.75, 3.05) is 27.3 Å². The summed E-state index contributed by atoms with van der Waals surface area (Å²) in [6.45, 7) is 1.15. The van der Waals surface area contributed by atoms with E-state index in [0.717, 1.165) is 33.8 Å². The summed E-state index contributed by atoms with van der Waals surface area (Å²) in [4.78, 5) is 12.8. The van der Waals surface area contributed by atoms with Gasteiger partial charge in [-0.1, -0.05) is 24.3 Å². The summed E-state index contributed by atoms with van der Waals surface area (Å²) in [6.07, 6.45) is 3.85. The van der Waals surface area contributed by atoms with Crippen molar-refractivity contribution in [3.8, 4) is 11.5 Å². The molecule has 2 aromatic rings. The highest BCUT2D eigenvalue weighted by molar-refractivity contribution is 6.14. The maximum atomic E-state index is 12.8. The van der Waals surface area contributed by atoms with Crippen molar-refractivity contribution < 1.29 is 14.3 Å². The number of carbonyl (C=O) groups is 1. The Morgan fingerprint density at radius 2 is 1.15 bits per heavy atom. The topological polar surface area (TPSA) is 47.6 Å². The predicted octanol–water partition coefficient (Wildman–Crippen LogP) is 3.76. The fourth-order valence-electron chi connectivity index (χ4n) is 2.73. The molecule has 0 spiro atoms. The van der Waals surface area contributed by atoms with E-state index >= 15 is 0 Å². The monoisotopic (exact) mass is 371 g/mol. The van der Waals surface area contributed by atoms with Gasteiger partial charge in [-0.25, -0.2) is 0 Å². The molecule has 2 aromatic carbocycles. The van der Waals surface area contributed by atoms with Gasteiger partial charge in [0.1, 0.15) is 11.5 Å². The zero-order chi connectivity index (χ0) is 17.6. The Kier molecular flexibility index (Phi) is 7.01. The smallest absolute Gasteiger partial charge is 0.187 e. The molecule has 0 unspecified atom stereocenters. The second-order valence-electron chi connectivity index (χ2n) is 5.82. The van der Waals surface area contributed by atoms with Crippen molar-refractivity contribution in [3.05, 3.63) is 70.8 Å². The lowest BCUT2D eigenvalue weighted by atomic mass is 9.95. The van der Waals surface area contributed by atoms with E-state index in [1.807, 2.05) is 60.7 Å². The van der Waals surface area contributed by atoms with Crippen LogP contribution < -0.4 is 14.8 Å². The normalized spacial score (nSPS) is 17.1. The summed E-state index contributed by atoms with van der Waals surface area (Å²) < 4.78 is 10.3. The van der Waals surface area contributed by atoms with Gasteiger partial charge in [0, 0.05) is 24.2 Å². The Labute approximate surface area is 159 Å². The number of ether oxygens (including phenoxy) is 2. The van der Waals surface area contributed by atoms with Crippen molar-refractivity contribution in [3.63, 3.8) is 0 Å². The SMILES string of the molecule is COc1ccc(/C=C2/CNC/C(=C\c3ccc(OC)cc3)C2=O)cc1.Cl. The molecule has 0 saturated carbocycles. The van der Waals surface area contributed by atoms with Crippen LogP contribution in [0.25, 0.3) is 12.2 Å². The largest absolute Gasteiger partial charge is 0.497 e. The van der Waals surface area contributed by atoms with E-state index in [0.29, 0.717) is 13.1 Å². The highest BCUT2D eigenvalue weighted by atomic mass is 35.5. The first-order valence-electron chi connectivity index (χ1n) is 8.14. The molecule has 1 aliphatic heterocycles. The Hall–Kier alpha value is -2.56. The van der Waals surface area contributed by atoms with Crippen molar-refractivity contribution >= 4 is 30.3 Å². The Morgan fingerprint density at radius 1 is 0.769 bits per heavy atom. The van der Waals surface area contributed by atoms with Gasteiger partial charge >= 0.3 is 0 Å². The maximum Gasteiger partial charge on any atom is 0.187 e. The molecule has 0 aliphatic carbocycles. The van der Waals surface area contributed by atoms with E-state index < -0.39 is 0 Å². The zero-order valence-electron chi connectivity index (χ0n) is 14.8. The van der Waals surface area contributed by atoms with Crippen LogP contribution in [0, 0.1) is 0 Å². The Bertz CT molecular complexity index is 741. The van der Waals surface area contributed by atoms with Crippen LogP contribution in [0.2, 0.25) is 0 Å². The van der Waals surface area contributed by atoms with Crippen LogP contribution in [0.4, 0.5) is 0 Å². The van der Waals surface area contributed by atoms with Crippen molar-refractivity contribution in [1.82, 2.24) is 5.32 Å². The fraction of sp³-hybridized carbons (Fsp3) is 0.190. The molecule has 0 atom stereocenters. The summed E-state index contributed by atoms with van der Waals surface area (Å²) in [5.41, 5.74) is 3.49. The number of methoxy groups -OCH3 is 2. The van der Waals surface area contributed by atoms with Gasteiger partial charge in [0.15, 0.2) is 5.78 Å². The first-order valence-corrected chi connectivity index (χ1v) is 8.14. The van der Waals surface area contributed by atoms with Crippen LogP contribution in [0.5, 0.6) is 11.5 Å². The number of hydrogen-bond acceptors (Lipinski definition) is 4. The Balaban J connectivity index is 0.00000243. The summed E-state index contributed by atoms with van der Waals surface area (Å²) in [5, 5.41) is 3.29. The fourth-order valence-corrected chi connectivity index (χ4v) is 2.73. The number of benzene rings is 2. The molecule has 1 heterocycles. The first kappa shape index (κ1) is 19.8. The first-order chi connectivity index (χ1) is 12.2. The molecule has 26 heavy (non-hydrogen) atoms. The van der Waals surface area contributed by atoms with Crippen LogP contribution in [0.1, 0.15) is 11.1 Å². The van der Waals surface area contributed by atoms with Crippen molar-refractivity contribution in [2.45, 2.75) is 0 Å². The summed E-state index contributed by atoms with van der Waals surface area (Å²) in [5.74, 6) is 1.69. The molecular formula is C21H22ClNO3. The van der Waals surface area contributed by atoms with Gasteiger partial charge in [-0.3, -0.25) is 4.79 Å². The zero-order valence-corrected chi connectivity index (χ0v) is 15.6. The third-order valence-corrected chi connectivity index (χ3v) is 4.13. The lowest BCUT2D eigenvalue weighted by molar-refractivity contribution is -0.112. The summed E-state index contributed by atoms with van der Waals surface area (Å²) in [6, 6.07) is 15.3. The maximum absolute atomic E-state index is 12.8. The highest BCUT2D eigenvalue weighted by Gasteiger charge is 2.20. The summed E-state index contributed by atoms with van der Waals surface area (Å²) in [7, 11) is 3.27. The minimum absolute atomic E-state index is 0. The molecule has 1 saturated heterocycles. The van der Waals surface area contributed by atoms with Crippen LogP contribution >= 0.6 is 12.4 Å². The van der Waals surface area contributed by atoms with E-state index in [1.165, 1.54) is 0 Å². The van der Waals surface area contributed by atoms with Gasteiger partial charge in [0.2, 0.25) is 0 Å².